The van der Waals surface area contributed by atoms with E-state index in [1.807, 2.05) is 29.1 Å². The largest absolute Gasteiger partial charge is 0.339 e. The summed E-state index contributed by atoms with van der Waals surface area (Å²) < 4.78 is 20.1. The maximum absolute atomic E-state index is 13.0. The molecule has 0 aliphatic heterocycles. The Labute approximate surface area is 170 Å². The molecule has 2 aromatic heterocycles. The van der Waals surface area contributed by atoms with Gasteiger partial charge in [0.25, 0.3) is 0 Å². The predicted molar refractivity (Wildman–Crippen MR) is 107 cm³/mol. The normalized spacial score (nSPS) is 10.8. The summed E-state index contributed by atoms with van der Waals surface area (Å²) >= 11 is 6.10. The summed E-state index contributed by atoms with van der Waals surface area (Å²) in [4.78, 5) is 16.7. The van der Waals surface area contributed by atoms with Crippen LogP contribution in [0.25, 0.3) is 17.1 Å². The molecule has 6 nitrogen and oxygen atoms in total. The Morgan fingerprint density at radius 3 is 2.66 bits per heavy atom. The zero-order valence-electron chi connectivity index (χ0n) is 15.2. The van der Waals surface area contributed by atoms with Crippen molar-refractivity contribution in [3.05, 3.63) is 83.7 Å². The molecular formula is C21H16ClFN4O2. The molecule has 0 fully saturated rings. The lowest BCUT2D eigenvalue weighted by molar-refractivity contribution is -0.116. The molecule has 0 bridgehead atoms. The van der Waals surface area contributed by atoms with Crippen LogP contribution in [0.4, 0.5) is 10.1 Å². The number of aryl methyl sites for hydroxylation is 1. The number of halogens is 2. The molecule has 0 atom stereocenters. The Morgan fingerprint density at radius 2 is 1.90 bits per heavy atom. The van der Waals surface area contributed by atoms with Crippen molar-refractivity contribution in [2.24, 2.45) is 0 Å². The van der Waals surface area contributed by atoms with E-state index >= 15 is 0 Å². The molecule has 0 radical (unpaired) electrons. The van der Waals surface area contributed by atoms with Crippen LogP contribution in [0.1, 0.15) is 12.3 Å². The van der Waals surface area contributed by atoms with Crippen molar-refractivity contribution in [3.63, 3.8) is 0 Å². The maximum atomic E-state index is 13.0. The molecule has 2 aromatic carbocycles. The summed E-state index contributed by atoms with van der Waals surface area (Å²) in [5.41, 5.74) is 2.06. The van der Waals surface area contributed by atoms with E-state index in [-0.39, 0.29) is 24.6 Å². The highest BCUT2D eigenvalue weighted by atomic mass is 35.5. The van der Waals surface area contributed by atoms with Crippen LogP contribution in [0.3, 0.4) is 0 Å². The van der Waals surface area contributed by atoms with Crippen LogP contribution in [0.5, 0.6) is 0 Å². The lowest BCUT2D eigenvalue weighted by Gasteiger charge is -2.12. The first-order valence-corrected chi connectivity index (χ1v) is 9.27. The number of carbonyl (C=O) groups excluding carboxylic acids is 1. The standard InChI is InChI=1S/C21H16ClFN4O2/c22-15-5-8-17(18(13-15)27-11-1-2-12-27)24-19(28)9-10-20-25-21(26-29-20)14-3-6-16(23)7-4-14/h1-8,11-13H,9-10H2,(H,24,28). The van der Waals surface area contributed by atoms with Gasteiger partial charge in [0.2, 0.25) is 17.6 Å². The molecule has 0 saturated heterocycles. The highest BCUT2D eigenvalue weighted by Gasteiger charge is 2.13. The van der Waals surface area contributed by atoms with E-state index in [2.05, 4.69) is 15.5 Å². The van der Waals surface area contributed by atoms with Gasteiger partial charge >= 0.3 is 0 Å². The molecule has 29 heavy (non-hydrogen) atoms. The number of amides is 1. The average molecular weight is 411 g/mol. The zero-order valence-corrected chi connectivity index (χ0v) is 15.9. The molecule has 0 spiro atoms. The Bertz CT molecular complexity index is 1120. The van der Waals surface area contributed by atoms with Crippen LogP contribution in [0.2, 0.25) is 5.02 Å². The highest BCUT2D eigenvalue weighted by molar-refractivity contribution is 6.30. The van der Waals surface area contributed by atoms with Gasteiger partial charge in [-0.2, -0.15) is 4.98 Å². The van der Waals surface area contributed by atoms with Crippen LogP contribution < -0.4 is 5.32 Å². The van der Waals surface area contributed by atoms with Crippen molar-refractivity contribution in [2.45, 2.75) is 12.8 Å². The molecule has 1 amide bonds. The summed E-state index contributed by atoms with van der Waals surface area (Å²) in [5, 5.41) is 7.34. The fourth-order valence-electron chi connectivity index (χ4n) is 2.83. The van der Waals surface area contributed by atoms with Crippen LogP contribution in [-0.2, 0) is 11.2 Å². The average Bonchev–Trinajstić information content (AvgIpc) is 3.40. The first kappa shape index (κ1) is 18.9. The topological polar surface area (TPSA) is 72.9 Å². The molecule has 4 rings (SSSR count). The third kappa shape index (κ3) is 4.52. The van der Waals surface area contributed by atoms with Crippen molar-refractivity contribution >= 4 is 23.2 Å². The van der Waals surface area contributed by atoms with Gasteiger partial charge in [0, 0.05) is 35.8 Å². The molecule has 0 aliphatic rings. The second kappa shape index (κ2) is 8.28. The molecular weight excluding hydrogens is 395 g/mol. The summed E-state index contributed by atoms with van der Waals surface area (Å²) in [5.74, 6) is 0.159. The molecule has 146 valence electrons. The lowest BCUT2D eigenvalue weighted by Crippen LogP contribution is -2.14. The Morgan fingerprint density at radius 1 is 1.14 bits per heavy atom. The van der Waals surface area contributed by atoms with Gasteiger partial charge in [0.1, 0.15) is 5.82 Å². The van der Waals surface area contributed by atoms with Crippen molar-refractivity contribution in [2.75, 3.05) is 5.32 Å². The number of hydrogen-bond acceptors (Lipinski definition) is 4. The molecule has 0 unspecified atom stereocenters. The SMILES string of the molecule is O=C(CCc1nc(-c2ccc(F)cc2)no1)Nc1ccc(Cl)cc1-n1cccc1. The van der Waals surface area contributed by atoms with Crippen LogP contribution in [-0.4, -0.2) is 20.6 Å². The second-order valence-corrected chi connectivity index (χ2v) is 6.76. The monoisotopic (exact) mass is 410 g/mol. The number of benzene rings is 2. The summed E-state index contributed by atoms with van der Waals surface area (Å²) in [6.07, 6.45) is 4.19. The third-order valence-corrected chi connectivity index (χ3v) is 4.49. The van der Waals surface area contributed by atoms with Crippen molar-refractivity contribution in [1.29, 1.82) is 0 Å². The van der Waals surface area contributed by atoms with Crippen LogP contribution in [0.15, 0.2) is 71.5 Å². The van der Waals surface area contributed by atoms with Crippen molar-refractivity contribution in [1.82, 2.24) is 14.7 Å². The van der Waals surface area contributed by atoms with E-state index < -0.39 is 0 Å². The fraction of sp³-hybridized carbons (Fsp3) is 0.0952. The van der Waals surface area contributed by atoms with E-state index in [0.717, 1.165) is 5.69 Å². The first-order valence-electron chi connectivity index (χ1n) is 8.90. The predicted octanol–water partition coefficient (Wildman–Crippen LogP) is 4.89. The van der Waals surface area contributed by atoms with Gasteiger partial charge in [-0.25, -0.2) is 4.39 Å². The maximum Gasteiger partial charge on any atom is 0.227 e. The van der Waals surface area contributed by atoms with E-state index in [1.165, 1.54) is 12.1 Å². The van der Waals surface area contributed by atoms with E-state index in [4.69, 9.17) is 16.1 Å². The summed E-state index contributed by atoms with van der Waals surface area (Å²) in [6, 6.07) is 14.8. The first-order chi connectivity index (χ1) is 14.1. The number of anilines is 1. The quantitative estimate of drug-likeness (QED) is 0.491. The molecule has 1 N–H and O–H groups in total. The minimum Gasteiger partial charge on any atom is -0.339 e. The molecule has 4 aromatic rings. The zero-order chi connectivity index (χ0) is 20.2. The van der Waals surface area contributed by atoms with Gasteiger partial charge in [0.05, 0.1) is 11.4 Å². The molecule has 2 heterocycles. The number of nitrogens with zero attached hydrogens (tertiary/aromatic N) is 3. The number of aromatic nitrogens is 3. The van der Waals surface area contributed by atoms with Crippen molar-refractivity contribution < 1.29 is 13.7 Å². The second-order valence-electron chi connectivity index (χ2n) is 6.32. The molecule has 0 saturated carbocycles. The van der Waals surface area contributed by atoms with Crippen molar-refractivity contribution in [3.8, 4) is 17.1 Å². The Balaban J connectivity index is 1.41. The van der Waals surface area contributed by atoms with Crippen LogP contribution in [0, 0.1) is 5.82 Å². The van der Waals surface area contributed by atoms with Crippen LogP contribution >= 0.6 is 11.6 Å². The number of carbonyl (C=O) groups is 1. The minimum absolute atomic E-state index is 0.165. The molecule has 8 heteroatoms. The number of hydrogen-bond donors (Lipinski definition) is 1. The summed E-state index contributed by atoms with van der Waals surface area (Å²) in [6.45, 7) is 0. The minimum atomic E-state index is -0.337. The van der Waals surface area contributed by atoms with Gasteiger partial charge in [-0.15, -0.1) is 0 Å². The number of nitrogens with one attached hydrogen (secondary N) is 1. The Kier molecular flexibility index (Phi) is 5.39. The van der Waals surface area contributed by atoms with Gasteiger partial charge in [-0.1, -0.05) is 16.8 Å². The van der Waals surface area contributed by atoms with E-state index in [9.17, 15) is 9.18 Å². The van der Waals surface area contributed by atoms with Gasteiger partial charge in [0.15, 0.2) is 0 Å². The van der Waals surface area contributed by atoms with Gasteiger partial charge < -0.3 is 14.4 Å². The fourth-order valence-corrected chi connectivity index (χ4v) is 2.99. The molecule has 0 aliphatic carbocycles. The smallest absolute Gasteiger partial charge is 0.227 e. The van der Waals surface area contributed by atoms with Gasteiger partial charge in [-0.05, 0) is 54.6 Å². The Hall–Kier alpha value is -3.45. The lowest BCUT2D eigenvalue weighted by atomic mass is 10.2. The third-order valence-electron chi connectivity index (χ3n) is 4.25. The number of rotatable bonds is 6. The van der Waals surface area contributed by atoms with E-state index in [1.54, 1.807) is 30.3 Å². The van der Waals surface area contributed by atoms with E-state index in [0.29, 0.717) is 28.0 Å². The summed E-state index contributed by atoms with van der Waals surface area (Å²) in [7, 11) is 0. The highest BCUT2D eigenvalue weighted by Crippen LogP contribution is 2.25. The van der Waals surface area contributed by atoms with Gasteiger partial charge in [-0.3, -0.25) is 4.79 Å².